The molecule has 17 heavy (non-hydrogen) atoms. The highest BCUT2D eigenvalue weighted by Crippen LogP contribution is 2.18. The molecule has 0 saturated carbocycles. The number of halogens is 1. The standard InChI is InChI=1S/C13H10FN3/c1-9-6-16-13-7-15-12(8-17(9)13)10-2-4-11(14)5-3-10/h2-8H,1H3. The van der Waals surface area contributed by atoms with Crippen LogP contribution in [0.2, 0.25) is 0 Å². The average molecular weight is 227 g/mol. The number of hydrogen-bond acceptors (Lipinski definition) is 2. The molecule has 0 aliphatic heterocycles. The maximum absolute atomic E-state index is 12.8. The summed E-state index contributed by atoms with van der Waals surface area (Å²) in [4.78, 5) is 8.52. The van der Waals surface area contributed by atoms with E-state index in [2.05, 4.69) is 9.97 Å². The Bertz CT molecular complexity index is 671. The van der Waals surface area contributed by atoms with E-state index in [4.69, 9.17) is 0 Å². The highest BCUT2D eigenvalue weighted by molar-refractivity contribution is 5.59. The molecule has 0 aliphatic carbocycles. The Kier molecular flexibility index (Phi) is 2.14. The summed E-state index contributed by atoms with van der Waals surface area (Å²) in [5.41, 5.74) is 3.55. The van der Waals surface area contributed by atoms with Gasteiger partial charge in [0.15, 0.2) is 5.65 Å². The predicted octanol–water partition coefficient (Wildman–Crippen LogP) is 2.84. The van der Waals surface area contributed by atoms with Crippen LogP contribution in [0.15, 0.2) is 42.9 Å². The van der Waals surface area contributed by atoms with Crippen molar-refractivity contribution in [2.75, 3.05) is 0 Å². The summed E-state index contributed by atoms with van der Waals surface area (Å²) in [5.74, 6) is -0.242. The number of hydrogen-bond donors (Lipinski definition) is 0. The molecule has 0 bridgehead atoms. The number of rotatable bonds is 1. The van der Waals surface area contributed by atoms with E-state index in [0.717, 1.165) is 22.6 Å². The second kappa shape index (κ2) is 3.66. The monoisotopic (exact) mass is 227 g/mol. The molecule has 3 nitrogen and oxygen atoms in total. The van der Waals surface area contributed by atoms with E-state index in [1.165, 1.54) is 12.1 Å². The first-order chi connectivity index (χ1) is 8.24. The van der Waals surface area contributed by atoms with Crippen molar-refractivity contribution in [2.24, 2.45) is 0 Å². The van der Waals surface area contributed by atoms with Gasteiger partial charge in [-0.2, -0.15) is 0 Å². The molecule has 0 saturated heterocycles. The summed E-state index contributed by atoms with van der Waals surface area (Å²) in [6, 6.07) is 6.30. The van der Waals surface area contributed by atoms with Crippen LogP contribution in [-0.2, 0) is 0 Å². The van der Waals surface area contributed by atoms with Gasteiger partial charge in [0.2, 0.25) is 0 Å². The molecule has 3 rings (SSSR count). The summed E-state index contributed by atoms with van der Waals surface area (Å²) >= 11 is 0. The molecule has 0 spiro atoms. The van der Waals surface area contributed by atoms with Crippen molar-refractivity contribution in [1.82, 2.24) is 14.4 Å². The first-order valence-corrected chi connectivity index (χ1v) is 5.30. The Morgan fingerprint density at radius 2 is 1.82 bits per heavy atom. The van der Waals surface area contributed by atoms with Crippen LogP contribution in [0.25, 0.3) is 16.9 Å². The summed E-state index contributed by atoms with van der Waals surface area (Å²) in [6.45, 7) is 1.98. The van der Waals surface area contributed by atoms with Crippen LogP contribution in [0, 0.1) is 12.7 Å². The molecule has 3 aromatic rings. The van der Waals surface area contributed by atoms with Gasteiger partial charge in [0.05, 0.1) is 11.9 Å². The minimum Gasteiger partial charge on any atom is -0.301 e. The molecule has 0 aliphatic rings. The van der Waals surface area contributed by atoms with Crippen LogP contribution < -0.4 is 0 Å². The molecule has 1 aromatic carbocycles. The van der Waals surface area contributed by atoms with E-state index < -0.39 is 0 Å². The van der Waals surface area contributed by atoms with E-state index in [1.807, 2.05) is 17.5 Å². The fourth-order valence-electron chi connectivity index (χ4n) is 1.78. The maximum Gasteiger partial charge on any atom is 0.155 e. The molecule has 84 valence electrons. The van der Waals surface area contributed by atoms with Crippen LogP contribution >= 0.6 is 0 Å². The molecular weight excluding hydrogens is 217 g/mol. The smallest absolute Gasteiger partial charge is 0.155 e. The minimum atomic E-state index is -0.242. The van der Waals surface area contributed by atoms with Crippen LogP contribution in [0.5, 0.6) is 0 Å². The molecule has 2 heterocycles. The van der Waals surface area contributed by atoms with Gasteiger partial charge < -0.3 is 4.40 Å². The van der Waals surface area contributed by atoms with Gasteiger partial charge >= 0.3 is 0 Å². The average Bonchev–Trinajstić information content (AvgIpc) is 2.72. The van der Waals surface area contributed by atoms with E-state index >= 15 is 0 Å². The maximum atomic E-state index is 12.8. The molecule has 0 atom stereocenters. The first kappa shape index (κ1) is 9.96. The Labute approximate surface area is 97.6 Å². The van der Waals surface area contributed by atoms with Gasteiger partial charge in [0, 0.05) is 23.7 Å². The lowest BCUT2D eigenvalue weighted by atomic mass is 10.1. The second-order valence-corrected chi connectivity index (χ2v) is 3.91. The predicted molar refractivity (Wildman–Crippen MR) is 63.1 cm³/mol. The zero-order chi connectivity index (χ0) is 11.8. The Balaban J connectivity index is 2.17. The third-order valence-corrected chi connectivity index (χ3v) is 2.72. The lowest BCUT2D eigenvalue weighted by molar-refractivity contribution is 0.628. The summed E-state index contributed by atoms with van der Waals surface area (Å²) in [5, 5.41) is 0. The molecule has 4 heteroatoms. The number of aryl methyl sites for hydroxylation is 1. The van der Waals surface area contributed by atoms with Crippen LogP contribution in [-0.4, -0.2) is 14.4 Å². The van der Waals surface area contributed by atoms with Crippen molar-refractivity contribution in [2.45, 2.75) is 6.92 Å². The van der Waals surface area contributed by atoms with Crippen molar-refractivity contribution in [3.05, 3.63) is 54.4 Å². The summed E-state index contributed by atoms with van der Waals surface area (Å²) < 4.78 is 14.8. The Morgan fingerprint density at radius 1 is 1.06 bits per heavy atom. The third-order valence-electron chi connectivity index (χ3n) is 2.72. The second-order valence-electron chi connectivity index (χ2n) is 3.91. The highest BCUT2D eigenvalue weighted by atomic mass is 19.1. The molecule has 0 amide bonds. The van der Waals surface area contributed by atoms with Gasteiger partial charge in [0.1, 0.15) is 5.82 Å². The van der Waals surface area contributed by atoms with Gasteiger partial charge in [-0.3, -0.25) is 4.98 Å². The van der Waals surface area contributed by atoms with Crippen LogP contribution in [0.3, 0.4) is 0 Å². The number of imidazole rings is 1. The van der Waals surface area contributed by atoms with E-state index in [9.17, 15) is 4.39 Å². The lowest BCUT2D eigenvalue weighted by Gasteiger charge is -2.02. The van der Waals surface area contributed by atoms with Gasteiger partial charge in [-0.1, -0.05) is 0 Å². The molecule has 0 unspecified atom stereocenters. The normalized spacial score (nSPS) is 10.9. The molecule has 0 fully saturated rings. The first-order valence-electron chi connectivity index (χ1n) is 5.30. The fraction of sp³-hybridized carbons (Fsp3) is 0.0769. The number of aromatic nitrogens is 3. The van der Waals surface area contributed by atoms with Gasteiger partial charge in [-0.25, -0.2) is 9.37 Å². The van der Waals surface area contributed by atoms with Crippen molar-refractivity contribution in [3.63, 3.8) is 0 Å². The Hall–Kier alpha value is -2.23. The summed E-state index contributed by atoms with van der Waals surface area (Å²) in [6.07, 6.45) is 5.42. The highest BCUT2D eigenvalue weighted by Gasteiger charge is 2.03. The van der Waals surface area contributed by atoms with E-state index in [-0.39, 0.29) is 5.82 Å². The molecular formula is C13H10FN3. The van der Waals surface area contributed by atoms with Crippen molar-refractivity contribution in [3.8, 4) is 11.3 Å². The number of fused-ring (bicyclic) bond motifs is 1. The van der Waals surface area contributed by atoms with Crippen molar-refractivity contribution in [1.29, 1.82) is 0 Å². The third kappa shape index (κ3) is 1.67. The molecule has 0 radical (unpaired) electrons. The largest absolute Gasteiger partial charge is 0.301 e. The van der Waals surface area contributed by atoms with Crippen LogP contribution in [0.1, 0.15) is 5.69 Å². The van der Waals surface area contributed by atoms with Gasteiger partial charge in [-0.05, 0) is 31.2 Å². The van der Waals surface area contributed by atoms with Gasteiger partial charge in [0.25, 0.3) is 0 Å². The summed E-state index contributed by atoms with van der Waals surface area (Å²) in [7, 11) is 0. The van der Waals surface area contributed by atoms with Crippen LogP contribution in [0.4, 0.5) is 4.39 Å². The zero-order valence-corrected chi connectivity index (χ0v) is 9.26. The van der Waals surface area contributed by atoms with E-state index in [1.54, 1.807) is 24.5 Å². The van der Waals surface area contributed by atoms with Gasteiger partial charge in [-0.15, -0.1) is 0 Å². The quantitative estimate of drug-likeness (QED) is 0.640. The zero-order valence-electron chi connectivity index (χ0n) is 9.26. The number of benzene rings is 1. The van der Waals surface area contributed by atoms with Crippen molar-refractivity contribution >= 4 is 5.65 Å². The fourth-order valence-corrected chi connectivity index (χ4v) is 1.78. The van der Waals surface area contributed by atoms with Crippen molar-refractivity contribution < 1.29 is 4.39 Å². The lowest BCUT2D eigenvalue weighted by Crippen LogP contribution is -1.92. The molecule has 2 aromatic heterocycles. The molecule has 0 N–H and O–H groups in total. The SMILES string of the molecule is Cc1cnc2cnc(-c3ccc(F)cc3)cn12. The van der Waals surface area contributed by atoms with E-state index in [0.29, 0.717) is 0 Å². The number of nitrogens with zero attached hydrogens (tertiary/aromatic N) is 3. The Morgan fingerprint density at radius 3 is 2.59 bits per heavy atom. The minimum absolute atomic E-state index is 0.242. The topological polar surface area (TPSA) is 30.2 Å².